The molecule has 72 valence electrons. The average molecular weight is 184 g/mol. The Balaban J connectivity index is 2.22. The lowest BCUT2D eigenvalue weighted by atomic mass is 10.3. The summed E-state index contributed by atoms with van der Waals surface area (Å²) in [6, 6.07) is 1.79. The van der Waals surface area contributed by atoms with Crippen LogP contribution in [-0.2, 0) is 23.1 Å². The van der Waals surface area contributed by atoms with Gasteiger partial charge in [-0.15, -0.1) is 0 Å². The van der Waals surface area contributed by atoms with Gasteiger partial charge in [-0.1, -0.05) is 0 Å². The topological polar surface area (TPSA) is 56.5 Å². The van der Waals surface area contributed by atoms with Gasteiger partial charge >= 0.3 is 0 Å². The zero-order chi connectivity index (χ0) is 9.26. The van der Waals surface area contributed by atoms with Gasteiger partial charge in [-0.25, -0.2) is 0 Å². The summed E-state index contributed by atoms with van der Waals surface area (Å²) in [4.78, 5) is 0. The van der Waals surface area contributed by atoms with Gasteiger partial charge in [-0.05, 0) is 6.07 Å². The SMILES string of the molecule is Cn1nc(CO)cc1C1OCCO1. The molecule has 1 saturated heterocycles. The third-order valence-corrected chi connectivity index (χ3v) is 1.99. The van der Waals surface area contributed by atoms with Crippen molar-refractivity contribution in [2.75, 3.05) is 13.2 Å². The van der Waals surface area contributed by atoms with E-state index in [2.05, 4.69) is 5.10 Å². The summed E-state index contributed by atoms with van der Waals surface area (Å²) in [5.41, 5.74) is 1.48. The van der Waals surface area contributed by atoms with Crippen molar-refractivity contribution in [3.63, 3.8) is 0 Å². The molecular formula is C8H12N2O3. The fourth-order valence-corrected chi connectivity index (χ4v) is 1.37. The van der Waals surface area contributed by atoms with Crippen molar-refractivity contribution >= 4 is 0 Å². The van der Waals surface area contributed by atoms with E-state index in [-0.39, 0.29) is 12.9 Å². The van der Waals surface area contributed by atoms with E-state index >= 15 is 0 Å². The third-order valence-electron chi connectivity index (χ3n) is 1.99. The highest BCUT2D eigenvalue weighted by molar-refractivity contribution is 5.11. The number of hydrogen-bond donors (Lipinski definition) is 1. The molecule has 0 saturated carbocycles. The third kappa shape index (κ3) is 1.58. The first-order chi connectivity index (χ1) is 6.31. The van der Waals surface area contributed by atoms with E-state index in [0.717, 1.165) is 5.69 Å². The van der Waals surface area contributed by atoms with Gasteiger partial charge in [0.15, 0.2) is 0 Å². The summed E-state index contributed by atoms with van der Waals surface area (Å²) in [5, 5.41) is 12.9. The highest BCUT2D eigenvalue weighted by Gasteiger charge is 2.22. The van der Waals surface area contributed by atoms with Crippen LogP contribution in [0.2, 0.25) is 0 Å². The first kappa shape index (κ1) is 8.68. The Bertz CT molecular complexity index is 292. The minimum absolute atomic E-state index is 0.0550. The van der Waals surface area contributed by atoms with E-state index in [9.17, 15) is 0 Å². The molecule has 0 atom stereocenters. The van der Waals surface area contributed by atoms with Gasteiger partial charge in [0.25, 0.3) is 0 Å². The second-order valence-electron chi connectivity index (χ2n) is 2.92. The molecule has 1 aliphatic heterocycles. The monoisotopic (exact) mass is 184 g/mol. The lowest BCUT2D eigenvalue weighted by Crippen LogP contribution is -2.05. The van der Waals surface area contributed by atoms with Crippen LogP contribution < -0.4 is 0 Å². The van der Waals surface area contributed by atoms with Crippen molar-refractivity contribution in [2.24, 2.45) is 7.05 Å². The van der Waals surface area contributed by atoms with Gasteiger partial charge in [0, 0.05) is 7.05 Å². The molecular weight excluding hydrogens is 172 g/mol. The smallest absolute Gasteiger partial charge is 0.200 e. The van der Waals surface area contributed by atoms with Crippen molar-refractivity contribution in [2.45, 2.75) is 12.9 Å². The number of rotatable bonds is 2. The predicted octanol–water partition coefficient (Wildman–Crippen LogP) is -0.0422. The summed E-state index contributed by atoms with van der Waals surface area (Å²) in [6.07, 6.45) is -0.321. The molecule has 1 N–H and O–H groups in total. The zero-order valence-electron chi connectivity index (χ0n) is 7.43. The fourth-order valence-electron chi connectivity index (χ4n) is 1.37. The van der Waals surface area contributed by atoms with E-state index in [1.807, 2.05) is 0 Å². The molecule has 0 bridgehead atoms. The van der Waals surface area contributed by atoms with Crippen molar-refractivity contribution < 1.29 is 14.6 Å². The van der Waals surface area contributed by atoms with Crippen LogP contribution in [0.4, 0.5) is 0 Å². The lowest BCUT2D eigenvalue weighted by Gasteiger charge is -2.07. The standard InChI is InChI=1S/C8H12N2O3/c1-10-7(4-6(5-11)9-10)8-12-2-3-13-8/h4,8,11H,2-3,5H2,1H3. The molecule has 1 aromatic rings. The van der Waals surface area contributed by atoms with Gasteiger partial charge in [-0.2, -0.15) is 5.10 Å². The Morgan fingerprint density at radius 1 is 1.62 bits per heavy atom. The molecule has 0 radical (unpaired) electrons. The number of aliphatic hydroxyl groups excluding tert-OH is 1. The van der Waals surface area contributed by atoms with Crippen molar-refractivity contribution in [1.82, 2.24) is 9.78 Å². The molecule has 1 aromatic heterocycles. The van der Waals surface area contributed by atoms with Crippen LogP contribution in [-0.4, -0.2) is 28.1 Å². The van der Waals surface area contributed by atoms with Crippen LogP contribution in [0, 0.1) is 0 Å². The Morgan fingerprint density at radius 2 is 2.31 bits per heavy atom. The largest absolute Gasteiger partial charge is 0.390 e. The fraction of sp³-hybridized carbons (Fsp3) is 0.625. The quantitative estimate of drug-likeness (QED) is 0.700. The summed E-state index contributed by atoms with van der Waals surface area (Å²) >= 11 is 0. The number of aryl methyl sites for hydroxylation is 1. The number of ether oxygens (including phenoxy) is 2. The normalized spacial score (nSPS) is 18.3. The summed E-state index contributed by atoms with van der Waals surface area (Å²) in [5.74, 6) is 0. The molecule has 0 aromatic carbocycles. The molecule has 1 fully saturated rings. The van der Waals surface area contributed by atoms with Crippen molar-refractivity contribution in [3.8, 4) is 0 Å². The summed E-state index contributed by atoms with van der Waals surface area (Å²) < 4.78 is 12.3. The Hall–Kier alpha value is -0.910. The first-order valence-corrected chi connectivity index (χ1v) is 4.18. The number of hydrogen-bond acceptors (Lipinski definition) is 4. The molecule has 5 heteroatoms. The highest BCUT2D eigenvalue weighted by atomic mass is 16.7. The number of aliphatic hydroxyl groups is 1. The second kappa shape index (κ2) is 3.45. The van der Waals surface area contributed by atoms with Gasteiger partial charge in [0.1, 0.15) is 0 Å². The molecule has 0 aliphatic carbocycles. The predicted molar refractivity (Wildman–Crippen MR) is 43.8 cm³/mol. The Morgan fingerprint density at radius 3 is 2.85 bits per heavy atom. The maximum absolute atomic E-state index is 8.86. The van der Waals surface area contributed by atoms with Crippen LogP contribution in [0.25, 0.3) is 0 Å². The van der Waals surface area contributed by atoms with Crippen LogP contribution in [0.3, 0.4) is 0 Å². The molecule has 5 nitrogen and oxygen atoms in total. The van der Waals surface area contributed by atoms with Gasteiger partial charge < -0.3 is 14.6 Å². The van der Waals surface area contributed by atoms with Crippen molar-refractivity contribution in [1.29, 1.82) is 0 Å². The number of aromatic nitrogens is 2. The maximum atomic E-state index is 8.86. The minimum atomic E-state index is -0.321. The molecule has 1 aliphatic rings. The molecule has 0 amide bonds. The van der Waals surface area contributed by atoms with Crippen molar-refractivity contribution in [3.05, 3.63) is 17.5 Å². The van der Waals surface area contributed by atoms with Crippen LogP contribution >= 0.6 is 0 Å². The number of nitrogens with zero attached hydrogens (tertiary/aromatic N) is 2. The lowest BCUT2D eigenvalue weighted by molar-refractivity contribution is -0.0497. The minimum Gasteiger partial charge on any atom is -0.390 e. The first-order valence-electron chi connectivity index (χ1n) is 4.18. The van der Waals surface area contributed by atoms with Gasteiger partial charge in [0.2, 0.25) is 6.29 Å². The Labute approximate surface area is 75.9 Å². The molecule has 2 heterocycles. The molecule has 2 rings (SSSR count). The van der Waals surface area contributed by atoms with Gasteiger partial charge in [-0.3, -0.25) is 4.68 Å². The van der Waals surface area contributed by atoms with E-state index in [4.69, 9.17) is 14.6 Å². The van der Waals surface area contributed by atoms with Crippen LogP contribution in [0.15, 0.2) is 6.07 Å². The van der Waals surface area contributed by atoms with E-state index in [0.29, 0.717) is 18.9 Å². The van der Waals surface area contributed by atoms with Crippen LogP contribution in [0.5, 0.6) is 0 Å². The van der Waals surface area contributed by atoms with E-state index in [1.54, 1.807) is 17.8 Å². The van der Waals surface area contributed by atoms with Crippen LogP contribution in [0.1, 0.15) is 17.7 Å². The highest BCUT2D eigenvalue weighted by Crippen LogP contribution is 2.23. The zero-order valence-corrected chi connectivity index (χ0v) is 7.43. The van der Waals surface area contributed by atoms with Gasteiger partial charge in [0.05, 0.1) is 31.2 Å². The maximum Gasteiger partial charge on any atom is 0.200 e. The van der Waals surface area contributed by atoms with E-state index in [1.165, 1.54) is 0 Å². The average Bonchev–Trinajstić information content (AvgIpc) is 2.72. The van der Waals surface area contributed by atoms with E-state index < -0.39 is 0 Å². The Kier molecular flexibility index (Phi) is 2.30. The summed E-state index contributed by atoms with van der Waals surface area (Å²) in [6.45, 7) is 1.18. The summed E-state index contributed by atoms with van der Waals surface area (Å²) in [7, 11) is 1.81. The molecule has 0 spiro atoms. The molecule has 13 heavy (non-hydrogen) atoms. The molecule has 0 unspecified atom stereocenters. The second-order valence-corrected chi connectivity index (χ2v) is 2.92.